The van der Waals surface area contributed by atoms with Gasteiger partial charge in [-0.3, -0.25) is 4.79 Å². The zero-order valence-electron chi connectivity index (χ0n) is 19.2. The number of likely N-dealkylation sites (tertiary alicyclic amines) is 1. The van der Waals surface area contributed by atoms with Crippen LogP contribution < -0.4 is 10.2 Å². The first-order chi connectivity index (χ1) is 15.5. The zero-order chi connectivity index (χ0) is 22.5. The highest BCUT2D eigenvalue weighted by Gasteiger charge is 2.27. The van der Waals surface area contributed by atoms with E-state index in [1.807, 2.05) is 29.0 Å². The number of likely N-dealkylation sites (N-methyl/N-ethyl adjacent to an activating group) is 1. The topological polar surface area (TPSA) is 55.9 Å². The number of nitrogens with one attached hydrogen (secondary N) is 1. The van der Waals surface area contributed by atoms with Crippen LogP contribution in [0.2, 0.25) is 0 Å². The van der Waals surface area contributed by atoms with Crippen molar-refractivity contribution in [2.75, 3.05) is 43.4 Å². The Morgan fingerprint density at radius 1 is 0.969 bits per heavy atom. The predicted molar refractivity (Wildman–Crippen MR) is 129 cm³/mol. The van der Waals surface area contributed by atoms with Gasteiger partial charge in [-0.2, -0.15) is 0 Å². The van der Waals surface area contributed by atoms with Crippen molar-refractivity contribution in [3.05, 3.63) is 60.2 Å². The molecule has 2 aromatic carbocycles. The smallest absolute Gasteiger partial charge is 0.321 e. The van der Waals surface area contributed by atoms with Crippen LogP contribution in [0.5, 0.6) is 0 Å². The molecule has 0 radical (unpaired) electrons. The summed E-state index contributed by atoms with van der Waals surface area (Å²) >= 11 is 0. The van der Waals surface area contributed by atoms with Crippen LogP contribution in [0.3, 0.4) is 0 Å². The molecule has 1 atom stereocenters. The van der Waals surface area contributed by atoms with E-state index >= 15 is 0 Å². The molecule has 1 unspecified atom stereocenters. The van der Waals surface area contributed by atoms with Gasteiger partial charge in [0.2, 0.25) is 5.91 Å². The third kappa shape index (κ3) is 5.42. The van der Waals surface area contributed by atoms with Crippen molar-refractivity contribution in [3.8, 4) is 0 Å². The van der Waals surface area contributed by atoms with Gasteiger partial charge in [0.15, 0.2) is 0 Å². The van der Waals surface area contributed by atoms with E-state index in [1.165, 1.54) is 5.56 Å². The van der Waals surface area contributed by atoms with E-state index in [0.29, 0.717) is 5.92 Å². The van der Waals surface area contributed by atoms with Gasteiger partial charge in [0.1, 0.15) is 0 Å². The molecule has 2 aliphatic rings. The molecule has 2 aliphatic heterocycles. The minimum atomic E-state index is -0.0137. The van der Waals surface area contributed by atoms with Gasteiger partial charge < -0.3 is 20.0 Å². The molecule has 6 nitrogen and oxygen atoms in total. The highest BCUT2D eigenvalue weighted by atomic mass is 16.2. The Kier molecular flexibility index (Phi) is 6.98. The monoisotopic (exact) mass is 434 g/mol. The minimum Gasteiger partial charge on any atom is -0.369 e. The van der Waals surface area contributed by atoms with Crippen LogP contribution >= 0.6 is 0 Å². The lowest BCUT2D eigenvalue weighted by molar-refractivity contribution is -0.129. The predicted octanol–water partition coefficient (Wildman–Crippen LogP) is 4.23. The highest BCUT2D eigenvalue weighted by Crippen LogP contribution is 2.25. The lowest BCUT2D eigenvalue weighted by Crippen LogP contribution is -2.41. The second-order valence-electron chi connectivity index (χ2n) is 9.12. The van der Waals surface area contributed by atoms with E-state index in [9.17, 15) is 9.59 Å². The molecule has 4 rings (SSSR count). The van der Waals surface area contributed by atoms with E-state index in [4.69, 9.17) is 0 Å². The number of rotatable bonds is 5. The van der Waals surface area contributed by atoms with Gasteiger partial charge in [-0.1, -0.05) is 30.3 Å². The number of nitrogens with zero attached hydrogens (tertiary/aromatic N) is 3. The summed E-state index contributed by atoms with van der Waals surface area (Å²) in [6.07, 6.45) is 4.17. The molecule has 2 fully saturated rings. The Labute approximate surface area is 191 Å². The molecule has 1 N–H and O–H groups in total. The molecular weight excluding hydrogens is 400 g/mol. The standard InChI is InChI=1S/C26H34N4O2/c1-20(31)28(2)25-14-17-30(19-25)24-10-8-23(9-11-24)27-26(32)29-15-12-22(13-16-29)18-21-6-4-3-5-7-21/h3-11,22,25H,12-19H2,1-2H3,(H,27,32). The molecular formula is C26H34N4O2. The minimum absolute atomic E-state index is 0.0137. The molecule has 2 saturated heterocycles. The summed E-state index contributed by atoms with van der Waals surface area (Å²) in [4.78, 5) is 30.4. The number of carbonyl (C=O) groups is 2. The number of amides is 3. The second kappa shape index (κ2) is 10.1. The highest BCUT2D eigenvalue weighted by molar-refractivity contribution is 5.89. The second-order valence-corrected chi connectivity index (χ2v) is 9.12. The zero-order valence-corrected chi connectivity index (χ0v) is 19.2. The number of hydrogen-bond acceptors (Lipinski definition) is 3. The summed E-state index contributed by atoms with van der Waals surface area (Å²) in [5, 5.41) is 3.05. The number of benzene rings is 2. The molecule has 0 saturated carbocycles. The van der Waals surface area contributed by atoms with Crippen LogP contribution in [-0.2, 0) is 11.2 Å². The van der Waals surface area contributed by atoms with Crippen LogP contribution in [0.4, 0.5) is 16.2 Å². The van der Waals surface area contributed by atoms with Crippen LogP contribution in [0.1, 0.15) is 31.7 Å². The maximum Gasteiger partial charge on any atom is 0.321 e. The summed E-state index contributed by atoms with van der Waals surface area (Å²) in [7, 11) is 1.87. The summed E-state index contributed by atoms with van der Waals surface area (Å²) in [6.45, 7) is 5.01. The Balaban J connectivity index is 1.24. The van der Waals surface area contributed by atoms with Crippen molar-refractivity contribution in [2.45, 2.75) is 38.6 Å². The molecule has 2 heterocycles. The van der Waals surface area contributed by atoms with E-state index in [0.717, 1.165) is 63.2 Å². The molecule has 3 amide bonds. The quantitative estimate of drug-likeness (QED) is 0.766. The third-order valence-corrected chi connectivity index (χ3v) is 6.96. The van der Waals surface area contributed by atoms with Gasteiger partial charge in [-0.25, -0.2) is 4.79 Å². The summed E-state index contributed by atoms with van der Waals surface area (Å²) in [5.74, 6) is 0.756. The summed E-state index contributed by atoms with van der Waals surface area (Å²) in [6, 6.07) is 18.9. The van der Waals surface area contributed by atoms with Gasteiger partial charge in [-0.15, -0.1) is 0 Å². The fourth-order valence-electron chi connectivity index (χ4n) is 4.80. The molecule has 2 aromatic rings. The van der Waals surface area contributed by atoms with E-state index < -0.39 is 0 Å². The fraction of sp³-hybridized carbons (Fsp3) is 0.462. The van der Waals surface area contributed by atoms with Crippen molar-refractivity contribution in [2.24, 2.45) is 5.92 Å². The molecule has 32 heavy (non-hydrogen) atoms. The molecule has 0 aromatic heterocycles. The SMILES string of the molecule is CC(=O)N(C)C1CCN(c2ccc(NC(=O)N3CCC(Cc4ccccc4)CC3)cc2)C1. The Hall–Kier alpha value is -3.02. The maximum absolute atomic E-state index is 12.7. The number of anilines is 2. The fourth-order valence-corrected chi connectivity index (χ4v) is 4.80. The first-order valence-electron chi connectivity index (χ1n) is 11.7. The number of piperidine rings is 1. The van der Waals surface area contributed by atoms with Gasteiger partial charge in [0.25, 0.3) is 0 Å². The normalized spacial score (nSPS) is 19.1. The number of urea groups is 1. The first-order valence-corrected chi connectivity index (χ1v) is 11.7. The Morgan fingerprint density at radius 2 is 1.66 bits per heavy atom. The lowest BCUT2D eigenvalue weighted by atomic mass is 9.90. The van der Waals surface area contributed by atoms with Crippen LogP contribution in [0, 0.1) is 5.92 Å². The van der Waals surface area contributed by atoms with Gasteiger partial charge >= 0.3 is 6.03 Å². The Morgan fingerprint density at radius 3 is 2.31 bits per heavy atom. The van der Waals surface area contributed by atoms with Crippen molar-refractivity contribution in [1.29, 1.82) is 0 Å². The van der Waals surface area contributed by atoms with Crippen LogP contribution in [0.25, 0.3) is 0 Å². The average Bonchev–Trinajstić information content (AvgIpc) is 3.30. The largest absolute Gasteiger partial charge is 0.369 e. The molecule has 170 valence electrons. The van der Waals surface area contributed by atoms with Gasteiger partial charge in [-0.05, 0) is 61.4 Å². The molecule has 6 heteroatoms. The molecule has 0 aliphatic carbocycles. The van der Waals surface area contributed by atoms with Crippen molar-refractivity contribution < 1.29 is 9.59 Å². The molecule has 0 spiro atoms. The first kappa shape index (κ1) is 22.2. The number of carbonyl (C=O) groups excluding carboxylic acids is 2. The van der Waals surface area contributed by atoms with Crippen LogP contribution in [-0.4, -0.2) is 61.0 Å². The third-order valence-electron chi connectivity index (χ3n) is 6.96. The average molecular weight is 435 g/mol. The number of hydrogen-bond donors (Lipinski definition) is 1. The molecule has 0 bridgehead atoms. The maximum atomic E-state index is 12.7. The van der Waals surface area contributed by atoms with E-state index in [1.54, 1.807) is 6.92 Å². The summed E-state index contributed by atoms with van der Waals surface area (Å²) < 4.78 is 0. The van der Waals surface area contributed by atoms with E-state index in [2.05, 4.69) is 52.7 Å². The van der Waals surface area contributed by atoms with Crippen LogP contribution in [0.15, 0.2) is 54.6 Å². The van der Waals surface area contributed by atoms with Gasteiger partial charge in [0.05, 0.1) is 6.04 Å². The Bertz CT molecular complexity index is 907. The van der Waals surface area contributed by atoms with Crippen molar-refractivity contribution in [1.82, 2.24) is 9.80 Å². The van der Waals surface area contributed by atoms with Crippen molar-refractivity contribution >= 4 is 23.3 Å². The lowest BCUT2D eigenvalue weighted by Gasteiger charge is -2.32. The van der Waals surface area contributed by atoms with Gasteiger partial charge in [0, 0.05) is 51.5 Å². The summed E-state index contributed by atoms with van der Waals surface area (Å²) in [5.41, 5.74) is 3.33. The van der Waals surface area contributed by atoms with E-state index in [-0.39, 0.29) is 18.0 Å². The van der Waals surface area contributed by atoms with Crippen molar-refractivity contribution in [3.63, 3.8) is 0 Å².